The topological polar surface area (TPSA) is 64.4 Å². The van der Waals surface area contributed by atoms with E-state index in [4.69, 9.17) is 9.72 Å². The van der Waals surface area contributed by atoms with Crippen molar-refractivity contribution in [1.29, 1.82) is 0 Å². The number of aromatic nitrogens is 2. The van der Waals surface area contributed by atoms with Gasteiger partial charge in [-0.05, 0) is 69.5 Å². The van der Waals surface area contributed by atoms with Gasteiger partial charge in [-0.1, -0.05) is 38.3 Å². The molecule has 0 N–H and O–H groups in total. The number of para-hydroxylation sites is 1. The highest BCUT2D eigenvalue weighted by Gasteiger charge is 2.31. The Hall–Kier alpha value is -3.15. The number of hydrogen-bond donors (Lipinski definition) is 0. The van der Waals surface area contributed by atoms with Crippen LogP contribution in [0.15, 0.2) is 53.3 Å². The minimum absolute atomic E-state index is 0.0638. The van der Waals surface area contributed by atoms with Crippen molar-refractivity contribution in [3.05, 3.63) is 64.7 Å². The van der Waals surface area contributed by atoms with Crippen LogP contribution in [-0.4, -0.2) is 33.5 Å². The number of carbonyl (C=O) groups excluding carboxylic acids is 1. The molecule has 2 aromatic carbocycles. The molecule has 1 aliphatic carbocycles. The third kappa shape index (κ3) is 4.86. The molecule has 0 aliphatic heterocycles. The van der Waals surface area contributed by atoms with Crippen LogP contribution in [0.25, 0.3) is 16.6 Å². The fraction of sp³-hybridized carbons (Fsp3) is 0.464. The molecule has 1 unspecified atom stereocenters. The fourth-order valence-corrected chi connectivity index (χ4v) is 5.00. The van der Waals surface area contributed by atoms with Gasteiger partial charge in [0.15, 0.2) is 0 Å². The molecule has 6 heteroatoms. The SMILES string of the molecule is CCCN(C(=O)C1CCCCC1)C(C)c1nc2ccccc2c(=O)n1-c1ccc(OCC)cc1. The normalized spacial score (nSPS) is 15.3. The molecule has 4 rings (SSSR count). The molecule has 0 radical (unpaired) electrons. The Bertz CT molecular complexity index is 1180. The molecule has 180 valence electrons. The van der Waals surface area contributed by atoms with Gasteiger partial charge in [0.05, 0.1) is 29.2 Å². The molecule has 0 bridgehead atoms. The van der Waals surface area contributed by atoms with Gasteiger partial charge in [0, 0.05) is 12.5 Å². The molecule has 1 saturated carbocycles. The first-order valence-electron chi connectivity index (χ1n) is 12.6. The Balaban J connectivity index is 1.82. The molecule has 0 spiro atoms. The lowest BCUT2D eigenvalue weighted by atomic mass is 9.88. The third-order valence-corrected chi connectivity index (χ3v) is 6.75. The summed E-state index contributed by atoms with van der Waals surface area (Å²) in [6, 6.07) is 14.6. The lowest BCUT2D eigenvalue weighted by Gasteiger charge is -2.34. The van der Waals surface area contributed by atoms with Gasteiger partial charge in [-0.3, -0.25) is 14.2 Å². The van der Waals surface area contributed by atoms with E-state index in [0.29, 0.717) is 29.9 Å². The Morgan fingerprint density at radius 3 is 2.47 bits per heavy atom. The van der Waals surface area contributed by atoms with Crippen LogP contribution in [0.4, 0.5) is 0 Å². The predicted octanol–water partition coefficient (Wildman–Crippen LogP) is 5.66. The smallest absolute Gasteiger partial charge is 0.266 e. The standard InChI is InChI=1S/C28H35N3O3/c1-4-19-30(27(32)21-11-7-6-8-12-21)20(3)26-29-25-14-10-9-13-24(25)28(33)31(26)22-15-17-23(18-16-22)34-5-2/h9-10,13-18,20-21H,4-8,11-12,19H2,1-3H3. The summed E-state index contributed by atoms with van der Waals surface area (Å²) in [5.41, 5.74) is 1.24. The fourth-order valence-electron chi connectivity index (χ4n) is 5.00. The van der Waals surface area contributed by atoms with Gasteiger partial charge in [0.25, 0.3) is 5.56 Å². The Kier molecular flexibility index (Phi) is 7.66. The predicted molar refractivity (Wildman–Crippen MR) is 136 cm³/mol. The molecule has 0 saturated heterocycles. The molecule has 1 heterocycles. The Morgan fingerprint density at radius 2 is 1.79 bits per heavy atom. The highest BCUT2D eigenvalue weighted by atomic mass is 16.5. The summed E-state index contributed by atoms with van der Waals surface area (Å²) in [6.45, 7) is 7.24. The first-order chi connectivity index (χ1) is 16.5. The zero-order valence-corrected chi connectivity index (χ0v) is 20.5. The molecule has 34 heavy (non-hydrogen) atoms. The van der Waals surface area contributed by atoms with Gasteiger partial charge in [-0.25, -0.2) is 4.98 Å². The van der Waals surface area contributed by atoms with Crippen molar-refractivity contribution in [2.24, 2.45) is 5.92 Å². The van der Waals surface area contributed by atoms with Crippen molar-refractivity contribution in [1.82, 2.24) is 14.5 Å². The highest BCUT2D eigenvalue weighted by molar-refractivity contribution is 5.80. The maximum absolute atomic E-state index is 13.7. The van der Waals surface area contributed by atoms with Crippen LogP contribution < -0.4 is 10.3 Å². The van der Waals surface area contributed by atoms with E-state index in [1.54, 1.807) is 10.6 Å². The number of ether oxygens (including phenoxy) is 1. The van der Waals surface area contributed by atoms with Gasteiger partial charge in [0.2, 0.25) is 5.91 Å². The Morgan fingerprint density at radius 1 is 1.09 bits per heavy atom. The quantitative estimate of drug-likeness (QED) is 0.434. The molecule has 3 aromatic rings. The molecule has 1 atom stereocenters. The van der Waals surface area contributed by atoms with Gasteiger partial charge in [-0.15, -0.1) is 0 Å². The summed E-state index contributed by atoms with van der Waals surface area (Å²) in [7, 11) is 0. The Labute approximate surface area is 201 Å². The van der Waals surface area contributed by atoms with E-state index in [1.165, 1.54) is 6.42 Å². The number of fused-ring (bicyclic) bond motifs is 1. The molecule has 1 fully saturated rings. The number of benzene rings is 2. The molecule has 1 amide bonds. The van der Waals surface area contributed by atoms with Crippen LogP contribution in [0.5, 0.6) is 5.75 Å². The lowest BCUT2D eigenvalue weighted by Crippen LogP contribution is -2.41. The number of amides is 1. The van der Waals surface area contributed by atoms with E-state index in [-0.39, 0.29) is 23.4 Å². The number of hydrogen-bond acceptors (Lipinski definition) is 4. The van der Waals surface area contributed by atoms with E-state index in [1.807, 2.05) is 61.2 Å². The van der Waals surface area contributed by atoms with Crippen molar-refractivity contribution in [3.8, 4) is 11.4 Å². The van der Waals surface area contributed by atoms with Crippen LogP contribution in [0.2, 0.25) is 0 Å². The molecule has 1 aliphatic rings. The van der Waals surface area contributed by atoms with Gasteiger partial charge in [-0.2, -0.15) is 0 Å². The van der Waals surface area contributed by atoms with Crippen molar-refractivity contribution < 1.29 is 9.53 Å². The maximum Gasteiger partial charge on any atom is 0.266 e. The van der Waals surface area contributed by atoms with E-state index in [2.05, 4.69) is 6.92 Å². The minimum atomic E-state index is -0.335. The zero-order valence-electron chi connectivity index (χ0n) is 20.5. The largest absolute Gasteiger partial charge is 0.494 e. The number of carbonyl (C=O) groups is 1. The lowest BCUT2D eigenvalue weighted by molar-refractivity contribution is -0.139. The average molecular weight is 462 g/mol. The second kappa shape index (κ2) is 10.9. The van der Waals surface area contributed by atoms with Crippen molar-refractivity contribution in [2.75, 3.05) is 13.2 Å². The first-order valence-corrected chi connectivity index (χ1v) is 12.6. The monoisotopic (exact) mass is 461 g/mol. The van der Waals surface area contributed by atoms with Gasteiger partial charge in [0.1, 0.15) is 11.6 Å². The number of nitrogens with zero attached hydrogens (tertiary/aromatic N) is 3. The second-order valence-corrected chi connectivity index (χ2v) is 9.10. The second-order valence-electron chi connectivity index (χ2n) is 9.10. The van der Waals surface area contributed by atoms with Crippen LogP contribution in [-0.2, 0) is 4.79 Å². The van der Waals surface area contributed by atoms with E-state index in [9.17, 15) is 9.59 Å². The van der Waals surface area contributed by atoms with Crippen molar-refractivity contribution >= 4 is 16.8 Å². The maximum atomic E-state index is 13.7. The van der Waals surface area contributed by atoms with Gasteiger partial charge >= 0.3 is 0 Å². The van der Waals surface area contributed by atoms with E-state index < -0.39 is 0 Å². The first kappa shape index (κ1) is 24.0. The number of rotatable bonds is 8. The summed E-state index contributed by atoms with van der Waals surface area (Å²) >= 11 is 0. The third-order valence-electron chi connectivity index (χ3n) is 6.75. The van der Waals surface area contributed by atoms with Gasteiger partial charge < -0.3 is 9.64 Å². The van der Waals surface area contributed by atoms with Crippen molar-refractivity contribution in [2.45, 2.75) is 65.3 Å². The molecular formula is C28H35N3O3. The molecule has 6 nitrogen and oxygen atoms in total. The summed E-state index contributed by atoms with van der Waals surface area (Å²) in [4.78, 5) is 34.2. The van der Waals surface area contributed by atoms with E-state index >= 15 is 0 Å². The summed E-state index contributed by atoms with van der Waals surface area (Å²) in [5.74, 6) is 1.59. The minimum Gasteiger partial charge on any atom is -0.494 e. The summed E-state index contributed by atoms with van der Waals surface area (Å²) < 4.78 is 7.25. The molecular weight excluding hydrogens is 426 g/mol. The van der Waals surface area contributed by atoms with Crippen LogP contribution in [0.1, 0.15) is 71.2 Å². The summed E-state index contributed by atoms with van der Waals surface area (Å²) in [6.07, 6.45) is 6.16. The average Bonchev–Trinajstić information content (AvgIpc) is 2.88. The highest BCUT2D eigenvalue weighted by Crippen LogP contribution is 2.30. The van der Waals surface area contributed by atoms with Crippen LogP contribution >= 0.6 is 0 Å². The van der Waals surface area contributed by atoms with Crippen molar-refractivity contribution in [3.63, 3.8) is 0 Å². The molecule has 1 aromatic heterocycles. The summed E-state index contributed by atoms with van der Waals surface area (Å²) in [5, 5.41) is 0.563. The van der Waals surface area contributed by atoms with E-state index in [0.717, 1.165) is 43.5 Å². The van der Waals surface area contributed by atoms with Crippen LogP contribution in [0, 0.1) is 5.92 Å². The zero-order chi connectivity index (χ0) is 24.1. The van der Waals surface area contributed by atoms with Crippen LogP contribution in [0.3, 0.4) is 0 Å².